The Labute approximate surface area is 217 Å². The van der Waals surface area contributed by atoms with E-state index in [4.69, 9.17) is 0 Å². The zero-order chi connectivity index (χ0) is 32.3. The Morgan fingerprint density at radius 3 is 1.32 bits per heavy atom. The van der Waals surface area contributed by atoms with Crippen molar-refractivity contribution in [1.29, 1.82) is 0 Å². The van der Waals surface area contributed by atoms with E-state index >= 15 is 0 Å². The van der Waals surface area contributed by atoms with Crippen LogP contribution in [0, 0.1) is 6.04 Å². The summed E-state index contributed by atoms with van der Waals surface area (Å²) in [6.45, 7) is 0. The summed E-state index contributed by atoms with van der Waals surface area (Å²) in [5.74, 6) is -59.3. The Hall–Kier alpha value is -2.83. The molecule has 1 aliphatic heterocycles. The Bertz CT molecular complexity index is 1110. The van der Waals surface area contributed by atoms with Crippen LogP contribution in [-0.2, 0) is 9.59 Å². The van der Waals surface area contributed by atoms with Crippen LogP contribution in [0.25, 0.3) is 0 Å². The van der Waals surface area contributed by atoms with Crippen LogP contribution >= 0.6 is 0 Å². The fourth-order valence-electron chi connectivity index (χ4n) is 3.52. The summed E-state index contributed by atoms with van der Waals surface area (Å²) in [6, 6.07) is 4.64. The van der Waals surface area contributed by atoms with Crippen molar-refractivity contribution in [3.8, 4) is 0 Å². The molecular weight excluding hydrogens is 621 g/mol. The minimum Gasteiger partial charge on any atom is -0.274 e. The largest absolute Gasteiger partial charge is 0.460 e. The van der Waals surface area contributed by atoms with E-state index in [1.54, 1.807) is 0 Å². The van der Waals surface area contributed by atoms with Crippen LogP contribution in [0.15, 0.2) is 30.3 Å². The highest BCUT2D eigenvalue weighted by atomic mass is 19.4. The summed E-state index contributed by atoms with van der Waals surface area (Å²) in [6.07, 6.45) is -13.4. The minimum absolute atomic E-state index is 0.157. The predicted octanol–water partition coefficient (Wildman–Crippen LogP) is 7.51. The van der Waals surface area contributed by atoms with E-state index in [0.29, 0.717) is 0 Å². The van der Waals surface area contributed by atoms with Crippen LogP contribution in [0.5, 0.6) is 0 Å². The second-order valence-corrected chi connectivity index (χ2v) is 8.58. The van der Waals surface area contributed by atoms with E-state index in [0.717, 1.165) is 24.3 Å². The first kappa shape index (κ1) is 34.4. The summed E-state index contributed by atoms with van der Waals surface area (Å²) in [4.78, 5) is 24.2. The van der Waals surface area contributed by atoms with Crippen molar-refractivity contribution in [3.63, 3.8) is 0 Å². The molecule has 233 valence electrons. The first-order valence-electron chi connectivity index (χ1n) is 10.6. The van der Waals surface area contributed by atoms with Gasteiger partial charge in [-0.1, -0.05) is 30.3 Å². The van der Waals surface area contributed by atoms with Gasteiger partial charge in [-0.2, -0.15) is 74.6 Å². The van der Waals surface area contributed by atoms with Crippen LogP contribution in [0.3, 0.4) is 0 Å². The molecule has 2 amide bonds. The van der Waals surface area contributed by atoms with Crippen molar-refractivity contribution >= 4 is 11.8 Å². The van der Waals surface area contributed by atoms with E-state index in [1.807, 2.05) is 0 Å². The zero-order valence-corrected chi connectivity index (χ0v) is 19.4. The van der Waals surface area contributed by atoms with Gasteiger partial charge < -0.3 is 0 Å². The summed E-state index contributed by atoms with van der Waals surface area (Å²) in [7, 11) is 0. The molecule has 20 heteroatoms. The molecule has 0 spiro atoms. The number of amides is 2. The number of carbonyl (C=O) groups is 2. The number of halogens is 17. The summed E-state index contributed by atoms with van der Waals surface area (Å²) >= 11 is 0. The lowest BCUT2D eigenvalue weighted by Gasteiger charge is -2.43. The Balaban J connectivity index is 2.51. The number of nitrogens with zero attached hydrogens (tertiary/aromatic N) is 1. The van der Waals surface area contributed by atoms with Crippen molar-refractivity contribution in [2.75, 3.05) is 0 Å². The number of benzene rings is 1. The third kappa shape index (κ3) is 5.08. The van der Waals surface area contributed by atoms with Crippen LogP contribution < -0.4 is 0 Å². The van der Waals surface area contributed by atoms with Gasteiger partial charge in [0, 0.05) is 19.3 Å². The lowest BCUT2D eigenvalue weighted by atomic mass is 9.87. The maximum atomic E-state index is 14.4. The standard InChI is InChI=1S/C21H13F17NO2/c22-14(23,9-8-11(10-4-2-1-3-5-10)39-12(40)6-7-13(39)41)15(24,25)16(26,27)17(28,29)18(30,31)19(32,33)20(34,35)21(36,37)38/h1-5H,6-9H2. The number of imide groups is 1. The Morgan fingerprint density at radius 2 is 0.927 bits per heavy atom. The molecule has 1 radical (unpaired) electrons. The lowest BCUT2D eigenvalue weighted by Crippen LogP contribution is -2.74. The molecule has 0 N–H and O–H groups in total. The molecule has 0 aromatic heterocycles. The second-order valence-electron chi connectivity index (χ2n) is 8.58. The highest BCUT2D eigenvalue weighted by molar-refractivity contribution is 6.03. The molecule has 2 rings (SSSR count). The molecular formula is C21H13F17NO2. The number of likely N-dealkylation sites (tertiary alicyclic amines) is 1. The molecule has 1 aromatic carbocycles. The van der Waals surface area contributed by atoms with Gasteiger partial charge >= 0.3 is 47.6 Å². The molecule has 1 aliphatic rings. The summed E-state index contributed by atoms with van der Waals surface area (Å²) in [5.41, 5.74) is -0.354. The SMILES string of the molecule is O=C1CCC(=O)N1[C](CCC(F)(F)C(F)(F)C(F)(F)C(F)(F)C(F)(F)C(F)(F)C(F)(F)C(F)(F)F)c1ccccc1. The van der Waals surface area contributed by atoms with Gasteiger partial charge in [0.15, 0.2) is 0 Å². The van der Waals surface area contributed by atoms with Crippen molar-refractivity contribution in [3.05, 3.63) is 41.9 Å². The molecule has 0 atom stereocenters. The molecule has 1 heterocycles. The second kappa shape index (κ2) is 10.2. The third-order valence-electron chi connectivity index (χ3n) is 5.89. The lowest BCUT2D eigenvalue weighted by molar-refractivity contribution is -0.461. The minimum atomic E-state index is -8.71. The molecule has 0 aliphatic carbocycles. The molecule has 41 heavy (non-hydrogen) atoms. The average molecular weight is 634 g/mol. The first-order valence-corrected chi connectivity index (χ1v) is 10.6. The summed E-state index contributed by atoms with van der Waals surface area (Å²) in [5, 5.41) is 0. The molecule has 1 saturated heterocycles. The molecule has 0 bridgehead atoms. The smallest absolute Gasteiger partial charge is 0.274 e. The fourth-order valence-corrected chi connectivity index (χ4v) is 3.52. The van der Waals surface area contributed by atoms with Crippen molar-refractivity contribution in [1.82, 2.24) is 4.90 Å². The van der Waals surface area contributed by atoms with Gasteiger partial charge in [-0.05, 0) is 12.0 Å². The third-order valence-corrected chi connectivity index (χ3v) is 5.89. The zero-order valence-electron chi connectivity index (χ0n) is 19.4. The van der Waals surface area contributed by atoms with E-state index in [-0.39, 0.29) is 10.5 Å². The summed E-state index contributed by atoms with van der Waals surface area (Å²) < 4.78 is 229. The van der Waals surface area contributed by atoms with E-state index in [9.17, 15) is 84.2 Å². The maximum absolute atomic E-state index is 14.4. The van der Waals surface area contributed by atoms with Crippen LogP contribution in [0.1, 0.15) is 31.2 Å². The van der Waals surface area contributed by atoms with Gasteiger partial charge in [0.05, 0.1) is 0 Å². The van der Waals surface area contributed by atoms with Gasteiger partial charge in [-0.25, -0.2) is 0 Å². The highest BCUT2D eigenvalue weighted by Gasteiger charge is 2.95. The number of hydrogen-bond donors (Lipinski definition) is 0. The monoisotopic (exact) mass is 634 g/mol. The Kier molecular flexibility index (Phi) is 8.52. The topological polar surface area (TPSA) is 37.4 Å². The number of rotatable bonds is 11. The normalized spacial score (nSPS) is 17.2. The van der Waals surface area contributed by atoms with Crippen molar-refractivity contribution in [2.24, 2.45) is 0 Å². The quantitative estimate of drug-likeness (QED) is 0.187. The highest BCUT2D eigenvalue weighted by Crippen LogP contribution is 2.64. The van der Waals surface area contributed by atoms with Gasteiger partial charge in [0.25, 0.3) is 0 Å². The van der Waals surface area contributed by atoms with Crippen molar-refractivity contribution < 1.29 is 84.2 Å². The van der Waals surface area contributed by atoms with Gasteiger partial charge in [-0.15, -0.1) is 0 Å². The number of alkyl halides is 17. The maximum Gasteiger partial charge on any atom is 0.460 e. The van der Waals surface area contributed by atoms with Gasteiger partial charge in [0.2, 0.25) is 11.8 Å². The van der Waals surface area contributed by atoms with Gasteiger partial charge in [0.1, 0.15) is 6.04 Å². The number of carbonyl (C=O) groups excluding carboxylic acids is 2. The fraction of sp³-hybridized carbons (Fsp3) is 0.571. The van der Waals surface area contributed by atoms with Crippen molar-refractivity contribution in [2.45, 2.75) is 73.3 Å². The molecule has 3 nitrogen and oxygen atoms in total. The molecule has 0 unspecified atom stereocenters. The molecule has 0 saturated carbocycles. The van der Waals surface area contributed by atoms with E-state index in [2.05, 4.69) is 0 Å². The van der Waals surface area contributed by atoms with Crippen LogP contribution in [-0.4, -0.2) is 64.3 Å². The van der Waals surface area contributed by atoms with Crippen LogP contribution in [0.2, 0.25) is 0 Å². The molecule has 1 aromatic rings. The number of hydrogen-bond acceptors (Lipinski definition) is 2. The first-order chi connectivity index (χ1) is 18.1. The molecule has 1 fully saturated rings. The van der Waals surface area contributed by atoms with E-state index < -0.39 is 91.2 Å². The average Bonchev–Trinajstić information content (AvgIpc) is 3.16. The Morgan fingerprint density at radius 1 is 0.561 bits per heavy atom. The predicted molar refractivity (Wildman–Crippen MR) is 99.8 cm³/mol. The van der Waals surface area contributed by atoms with Gasteiger partial charge in [-0.3, -0.25) is 14.5 Å². The van der Waals surface area contributed by atoms with Crippen LogP contribution in [0.4, 0.5) is 74.6 Å². The van der Waals surface area contributed by atoms with E-state index in [1.165, 1.54) is 6.07 Å².